The van der Waals surface area contributed by atoms with Gasteiger partial charge in [-0.1, -0.05) is 29.8 Å². The number of nitrogens with one attached hydrogen (secondary N) is 1. The molecule has 0 saturated carbocycles. The van der Waals surface area contributed by atoms with Crippen molar-refractivity contribution >= 4 is 28.9 Å². The van der Waals surface area contributed by atoms with Gasteiger partial charge in [0.25, 0.3) is 0 Å². The normalized spacial score (nSPS) is 14.3. The second-order valence-electron chi connectivity index (χ2n) is 2.83. The highest BCUT2D eigenvalue weighted by Crippen LogP contribution is 2.34. The quantitative estimate of drug-likeness (QED) is 0.675. The van der Waals surface area contributed by atoms with Crippen molar-refractivity contribution in [3.63, 3.8) is 0 Å². The number of allylic oxidation sites excluding steroid dienone is 1. The lowest BCUT2D eigenvalue weighted by atomic mass is 10.1. The zero-order valence-electron chi connectivity index (χ0n) is 6.32. The summed E-state index contributed by atoms with van der Waals surface area (Å²) < 4.78 is 0. The molecule has 0 aliphatic carbocycles. The number of hydrogen-bond donors (Lipinski definition) is 1. The maximum atomic E-state index is 5.85. The zero-order valence-corrected chi connectivity index (χ0v) is 7.84. The molecule has 0 fully saturated rings. The van der Waals surface area contributed by atoms with Crippen LogP contribution in [0.15, 0.2) is 24.4 Å². The summed E-state index contributed by atoms with van der Waals surface area (Å²) in [6.45, 7) is 3.83. The predicted molar refractivity (Wildman–Crippen MR) is 52.9 cm³/mol. The summed E-state index contributed by atoms with van der Waals surface area (Å²) in [5, 5.41) is 4.31. The lowest BCUT2D eigenvalue weighted by Gasteiger charge is -2.00. The Morgan fingerprint density at radius 1 is 1.25 bits per heavy atom. The van der Waals surface area contributed by atoms with Gasteiger partial charge < -0.3 is 5.32 Å². The molecule has 1 aromatic rings. The summed E-state index contributed by atoms with van der Waals surface area (Å²) in [6, 6.07) is 3.71. The average Bonchev–Trinajstić information content (AvgIpc) is 2.30. The van der Waals surface area contributed by atoms with Gasteiger partial charge in [0, 0.05) is 17.8 Å². The van der Waals surface area contributed by atoms with Crippen molar-refractivity contribution in [3.05, 3.63) is 40.0 Å². The fraction of sp³-hybridized carbons (Fsp3) is 0.111. The van der Waals surface area contributed by atoms with Crippen LogP contribution in [0.2, 0.25) is 10.0 Å². The monoisotopic (exact) mass is 199 g/mol. The standard InChI is InChI=1S/C9H7Cl2N/c1-5-2-6-3-7(10)8(11)4-9(6)12-5/h3-4,12H,1-2H2. The summed E-state index contributed by atoms with van der Waals surface area (Å²) in [4.78, 5) is 0. The van der Waals surface area contributed by atoms with Crippen molar-refractivity contribution in [1.82, 2.24) is 0 Å². The maximum absolute atomic E-state index is 5.85. The highest BCUT2D eigenvalue weighted by molar-refractivity contribution is 6.42. The second kappa shape index (κ2) is 2.68. The minimum Gasteiger partial charge on any atom is -0.359 e. The van der Waals surface area contributed by atoms with Gasteiger partial charge >= 0.3 is 0 Å². The molecule has 2 rings (SSSR count). The number of benzene rings is 1. The van der Waals surface area contributed by atoms with Gasteiger partial charge in [0.1, 0.15) is 0 Å². The van der Waals surface area contributed by atoms with Crippen LogP contribution in [0, 0.1) is 0 Å². The highest BCUT2D eigenvalue weighted by atomic mass is 35.5. The predicted octanol–water partition coefficient (Wildman–Crippen LogP) is 3.48. The molecule has 0 spiro atoms. The van der Waals surface area contributed by atoms with E-state index >= 15 is 0 Å². The second-order valence-corrected chi connectivity index (χ2v) is 3.64. The number of halogens is 2. The Kier molecular flexibility index (Phi) is 1.78. The van der Waals surface area contributed by atoms with Gasteiger partial charge in [-0.2, -0.15) is 0 Å². The van der Waals surface area contributed by atoms with Crippen LogP contribution < -0.4 is 5.32 Å². The van der Waals surface area contributed by atoms with Gasteiger partial charge in [-0.3, -0.25) is 0 Å². The maximum Gasteiger partial charge on any atom is 0.0613 e. The van der Waals surface area contributed by atoms with Crippen LogP contribution in [0.1, 0.15) is 5.56 Å². The van der Waals surface area contributed by atoms with E-state index in [0.29, 0.717) is 10.0 Å². The molecule has 0 amide bonds. The highest BCUT2D eigenvalue weighted by Gasteiger charge is 2.14. The summed E-state index contributed by atoms with van der Waals surface area (Å²) in [7, 11) is 0. The Bertz CT molecular complexity index is 325. The van der Waals surface area contributed by atoms with E-state index in [9.17, 15) is 0 Å². The third kappa shape index (κ3) is 1.19. The van der Waals surface area contributed by atoms with Crippen LogP contribution in [-0.4, -0.2) is 0 Å². The summed E-state index contributed by atoms with van der Waals surface area (Å²) in [6.07, 6.45) is 0.840. The summed E-state index contributed by atoms with van der Waals surface area (Å²) in [5.74, 6) is 0. The Hall–Kier alpha value is -0.660. The molecule has 0 unspecified atom stereocenters. The largest absolute Gasteiger partial charge is 0.359 e. The van der Waals surface area contributed by atoms with Crippen molar-refractivity contribution < 1.29 is 0 Å². The van der Waals surface area contributed by atoms with Crippen molar-refractivity contribution in [2.75, 3.05) is 5.32 Å². The van der Waals surface area contributed by atoms with E-state index in [4.69, 9.17) is 23.2 Å². The molecule has 1 aliphatic rings. The minimum atomic E-state index is 0.581. The Morgan fingerprint density at radius 3 is 2.67 bits per heavy atom. The van der Waals surface area contributed by atoms with E-state index in [-0.39, 0.29) is 0 Å². The first-order chi connectivity index (χ1) is 5.66. The van der Waals surface area contributed by atoms with E-state index < -0.39 is 0 Å². The van der Waals surface area contributed by atoms with Crippen LogP contribution in [-0.2, 0) is 6.42 Å². The first-order valence-electron chi connectivity index (χ1n) is 3.59. The molecule has 3 heteroatoms. The molecule has 1 nitrogen and oxygen atoms in total. The van der Waals surface area contributed by atoms with E-state index in [0.717, 1.165) is 23.4 Å². The van der Waals surface area contributed by atoms with Gasteiger partial charge in [0.15, 0.2) is 0 Å². The van der Waals surface area contributed by atoms with Crippen molar-refractivity contribution in [2.45, 2.75) is 6.42 Å². The van der Waals surface area contributed by atoms with Gasteiger partial charge in [0.05, 0.1) is 10.0 Å². The fourth-order valence-corrected chi connectivity index (χ4v) is 1.67. The SMILES string of the molecule is C=C1Cc2cc(Cl)c(Cl)cc2N1. The van der Waals surface area contributed by atoms with Crippen LogP contribution in [0.5, 0.6) is 0 Å². The molecular formula is C9H7Cl2N. The van der Waals surface area contributed by atoms with Gasteiger partial charge in [-0.05, 0) is 17.7 Å². The number of anilines is 1. The third-order valence-corrected chi connectivity index (χ3v) is 2.58. The topological polar surface area (TPSA) is 12.0 Å². The molecule has 1 aliphatic heterocycles. The van der Waals surface area contributed by atoms with E-state index in [1.54, 1.807) is 0 Å². The van der Waals surface area contributed by atoms with Crippen LogP contribution in [0.25, 0.3) is 0 Å². The third-order valence-electron chi connectivity index (χ3n) is 1.86. The number of rotatable bonds is 0. The molecule has 0 atom stereocenters. The molecule has 0 aromatic heterocycles. The van der Waals surface area contributed by atoms with E-state index in [1.807, 2.05) is 12.1 Å². The molecule has 1 N–H and O–H groups in total. The molecule has 62 valence electrons. The molecule has 1 heterocycles. The molecule has 0 radical (unpaired) electrons. The fourth-order valence-electron chi connectivity index (χ4n) is 1.32. The van der Waals surface area contributed by atoms with Crippen molar-refractivity contribution in [2.24, 2.45) is 0 Å². The zero-order chi connectivity index (χ0) is 8.72. The first kappa shape index (κ1) is 7.96. The summed E-state index contributed by atoms with van der Waals surface area (Å²) in [5.41, 5.74) is 3.17. The number of fused-ring (bicyclic) bond motifs is 1. The molecule has 1 aromatic carbocycles. The van der Waals surface area contributed by atoms with Crippen molar-refractivity contribution in [1.29, 1.82) is 0 Å². The Labute approximate surface area is 81.0 Å². The van der Waals surface area contributed by atoms with E-state index in [2.05, 4.69) is 11.9 Å². The number of hydrogen-bond acceptors (Lipinski definition) is 1. The van der Waals surface area contributed by atoms with E-state index in [1.165, 1.54) is 0 Å². The smallest absolute Gasteiger partial charge is 0.0613 e. The lowest BCUT2D eigenvalue weighted by Crippen LogP contribution is -1.87. The van der Waals surface area contributed by atoms with Crippen LogP contribution >= 0.6 is 23.2 Å². The minimum absolute atomic E-state index is 0.581. The van der Waals surface area contributed by atoms with Crippen molar-refractivity contribution in [3.8, 4) is 0 Å². The lowest BCUT2D eigenvalue weighted by molar-refractivity contribution is 1.26. The molecule has 0 saturated heterocycles. The first-order valence-corrected chi connectivity index (χ1v) is 4.35. The van der Waals surface area contributed by atoms with Gasteiger partial charge in [-0.25, -0.2) is 0 Å². The molecular weight excluding hydrogens is 193 g/mol. The van der Waals surface area contributed by atoms with Gasteiger partial charge in [0.2, 0.25) is 0 Å². The van der Waals surface area contributed by atoms with Crippen LogP contribution in [0.3, 0.4) is 0 Å². The average molecular weight is 200 g/mol. The van der Waals surface area contributed by atoms with Gasteiger partial charge in [-0.15, -0.1) is 0 Å². The summed E-state index contributed by atoms with van der Waals surface area (Å²) >= 11 is 11.7. The molecule has 12 heavy (non-hydrogen) atoms. The van der Waals surface area contributed by atoms with Crippen LogP contribution in [0.4, 0.5) is 5.69 Å². The Balaban J connectivity index is 2.55. The molecule has 0 bridgehead atoms. The Morgan fingerprint density at radius 2 is 1.92 bits per heavy atom.